The summed E-state index contributed by atoms with van der Waals surface area (Å²) in [6.07, 6.45) is 3.71. The number of carbonyl (C=O) groups excluding carboxylic acids is 3. The van der Waals surface area contributed by atoms with E-state index in [2.05, 4.69) is 33.5 Å². The van der Waals surface area contributed by atoms with Gasteiger partial charge in [0.1, 0.15) is 6.04 Å². The van der Waals surface area contributed by atoms with Crippen LogP contribution in [0, 0.1) is 11.8 Å². The number of alkyl halides is 1. The van der Waals surface area contributed by atoms with Crippen LogP contribution in [0.15, 0.2) is 30.3 Å². The van der Waals surface area contributed by atoms with E-state index in [1.807, 2.05) is 37.3 Å². The summed E-state index contributed by atoms with van der Waals surface area (Å²) >= 11 is 5.41. The lowest BCUT2D eigenvalue weighted by molar-refractivity contribution is -0.142. The van der Waals surface area contributed by atoms with Crippen molar-refractivity contribution in [1.82, 2.24) is 15.5 Å². The van der Waals surface area contributed by atoms with Gasteiger partial charge in [0.25, 0.3) is 0 Å². The molecule has 0 aliphatic carbocycles. The number of halogens is 1. The Labute approximate surface area is 220 Å². The fourth-order valence-electron chi connectivity index (χ4n) is 6.05. The van der Waals surface area contributed by atoms with Crippen LogP contribution in [0.4, 0.5) is 0 Å². The second-order valence-corrected chi connectivity index (χ2v) is 12.6. The third-order valence-corrected chi connectivity index (χ3v) is 10.8. The molecule has 7 nitrogen and oxygen atoms in total. The summed E-state index contributed by atoms with van der Waals surface area (Å²) in [7, 11) is 0. The molecule has 9 heteroatoms. The molecule has 3 aliphatic heterocycles. The number of amides is 3. The monoisotopic (exact) mass is 565 g/mol. The summed E-state index contributed by atoms with van der Waals surface area (Å²) < 4.78 is -0.690. The van der Waals surface area contributed by atoms with Crippen LogP contribution in [0.25, 0.3) is 0 Å². The van der Waals surface area contributed by atoms with Gasteiger partial charge in [-0.15, -0.1) is 11.8 Å². The number of thioether (sulfide) groups is 1. The van der Waals surface area contributed by atoms with E-state index >= 15 is 0 Å². The molecule has 3 heterocycles. The first kappa shape index (κ1) is 26.5. The molecule has 0 aromatic heterocycles. The number of aliphatic hydroxyl groups excluding tert-OH is 1. The fourth-order valence-corrected chi connectivity index (χ4v) is 9.65. The minimum Gasteiger partial charge on any atom is -0.394 e. The van der Waals surface area contributed by atoms with Crippen molar-refractivity contribution in [2.24, 2.45) is 11.8 Å². The van der Waals surface area contributed by atoms with Gasteiger partial charge in [0.2, 0.25) is 17.7 Å². The number of carbonyl (C=O) groups is 3. The maximum atomic E-state index is 14.1. The highest BCUT2D eigenvalue weighted by Gasteiger charge is 2.76. The van der Waals surface area contributed by atoms with Crippen molar-refractivity contribution < 1.29 is 19.5 Å². The Morgan fingerprint density at radius 3 is 2.54 bits per heavy atom. The number of nitrogens with one attached hydrogen (secondary N) is 2. The lowest BCUT2D eigenvalue weighted by atomic mass is 9.70. The van der Waals surface area contributed by atoms with Gasteiger partial charge in [0, 0.05) is 23.2 Å². The summed E-state index contributed by atoms with van der Waals surface area (Å²) in [5.41, 5.74) is 0.992. The van der Waals surface area contributed by atoms with Crippen molar-refractivity contribution in [3.63, 3.8) is 0 Å². The number of hydrogen-bond acceptors (Lipinski definition) is 5. The molecule has 3 aliphatic rings. The number of nitrogens with zero attached hydrogens (tertiary/aromatic N) is 1. The molecule has 192 valence electrons. The van der Waals surface area contributed by atoms with Crippen molar-refractivity contribution in [2.75, 3.05) is 19.7 Å². The predicted octanol–water partition coefficient (Wildman–Crippen LogP) is 2.50. The van der Waals surface area contributed by atoms with E-state index in [4.69, 9.17) is 0 Å². The van der Waals surface area contributed by atoms with Gasteiger partial charge in [0.15, 0.2) is 0 Å². The van der Waals surface area contributed by atoms with Crippen LogP contribution >= 0.6 is 27.7 Å². The highest BCUT2D eigenvalue weighted by Crippen LogP contribution is 2.67. The number of fused-ring (bicyclic) bond motifs is 1. The van der Waals surface area contributed by atoms with E-state index in [0.717, 1.165) is 24.8 Å². The predicted molar refractivity (Wildman–Crippen MR) is 141 cm³/mol. The third kappa shape index (κ3) is 4.76. The lowest BCUT2D eigenvalue weighted by Crippen LogP contribution is -2.57. The van der Waals surface area contributed by atoms with Crippen LogP contribution in [-0.4, -0.2) is 74.3 Å². The SMILES string of the molecule is CCCCNC(=O)C1N([C@@H](CO)Cc2ccccc2)C(=O)[C@@H]2[C@H](C(=O)NCCC)[C@H]3SC12CC3Br. The normalized spacial score (nSPS) is 31.9. The fraction of sp³-hybridized carbons (Fsp3) is 0.654. The summed E-state index contributed by atoms with van der Waals surface area (Å²) in [4.78, 5) is 42.8. The van der Waals surface area contributed by atoms with E-state index in [-0.39, 0.29) is 34.4 Å². The molecule has 3 fully saturated rings. The number of unbranched alkanes of at least 4 members (excludes halogenated alkanes) is 1. The Balaban J connectivity index is 1.72. The number of rotatable bonds is 11. The zero-order valence-electron chi connectivity index (χ0n) is 20.4. The van der Waals surface area contributed by atoms with Crippen LogP contribution in [0.1, 0.15) is 45.1 Å². The van der Waals surface area contributed by atoms with Gasteiger partial charge in [-0.1, -0.05) is 66.5 Å². The molecule has 1 spiro atoms. The molecular formula is C26H36BrN3O4S. The minimum absolute atomic E-state index is 0.0431. The van der Waals surface area contributed by atoms with Gasteiger partial charge in [-0.25, -0.2) is 0 Å². The van der Waals surface area contributed by atoms with E-state index < -0.39 is 28.7 Å². The first-order chi connectivity index (χ1) is 16.9. The van der Waals surface area contributed by atoms with Gasteiger partial charge in [0.05, 0.1) is 29.2 Å². The first-order valence-electron chi connectivity index (χ1n) is 12.7. The average molecular weight is 567 g/mol. The van der Waals surface area contributed by atoms with Crippen LogP contribution in [-0.2, 0) is 20.8 Å². The third-order valence-electron chi connectivity index (χ3n) is 7.58. The molecule has 7 atom stereocenters. The molecule has 3 saturated heterocycles. The zero-order chi connectivity index (χ0) is 25.2. The summed E-state index contributed by atoms with van der Waals surface area (Å²) in [6, 6.07) is 8.45. The highest BCUT2D eigenvalue weighted by atomic mass is 79.9. The van der Waals surface area contributed by atoms with Crippen molar-refractivity contribution in [3.8, 4) is 0 Å². The Morgan fingerprint density at radius 2 is 1.89 bits per heavy atom. The standard InChI is InChI=1S/C26H36BrN3O4S/c1-3-5-12-29-24(33)22-26-14-18(27)21(35-26)19(23(32)28-11-4-2)20(26)25(34)30(22)17(15-31)13-16-9-7-6-8-10-16/h6-10,17-22,31H,3-5,11-15H2,1-2H3,(H,28,32)(H,29,33)/t17-,18?,19+,20+,21+,22?,26?/m1/s1. The van der Waals surface area contributed by atoms with E-state index in [9.17, 15) is 19.5 Å². The van der Waals surface area contributed by atoms with E-state index in [1.165, 1.54) is 0 Å². The van der Waals surface area contributed by atoms with E-state index in [0.29, 0.717) is 25.9 Å². The summed E-state index contributed by atoms with van der Waals surface area (Å²) in [5.74, 6) is -1.53. The number of likely N-dealkylation sites (tertiary alicyclic amines) is 1. The molecule has 2 bridgehead atoms. The topological polar surface area (TPSA) is 98.7 Å². The van der Waals surface area contributed by atoms with Crippen LogP contribution in [0.3, 0.4) is 0 Å². The second kappa shape index (κ2) is 11.2. The van der Waals surface area contributed by atoms with Gasteiger partial charge in [-0.05, 0) is 31.2 Å². The lowest BCUT2D eigenvalue weighted by Gasteiger charge is -2.37. The van der Waals surface area contributed by atoms with Gasteiger partial charge in [-0.3, -0.25) is 14.4 Å². The van der Waals surface area contributed by atoms with Crippen molar-refractivity contribution >= 4 is 45.4 Å². The van der Waals surface area contributed by atoms with Gasteiger partial charge < -0.3 is 20.6 Å². The van der Waals surface area contributed by atoms with Crippen LogP contribution in [0.2, 0.25) is 0 Å². The second-order valence-electron chi connectivity index (χ2n) is 9.87. The van der Waals surface area contributed by atoms with Crippen molar-refractivity contribution in [3.05, 3.63) is 35.9 Å². The number of aliphatic hydroxyl groups is 1. The highest BCUT2D eigenvalue weighted by molar-refractivity contribution is 9.09. The summed E-state index contributed by atoms with van der Waals surface area (Å²) in [6.45, 7) is 4.92. The molecule has 3 N–H and O–H groups in total. The van der Waals surface area contributed by atoms with Crippen LogP contribution in [0.5, 0.6) is 0 Å². The molecule has 0 radical (unpaired) electrons. The van der Waals surface area contributed by atoms with Crippen LogP contribution < -0.4 is 10.6 Å². The minimum atomic E-state index is -0.725. The molecule has 4 rings (SSSR count). The van der Waals surface area contributed by atoms with Crippen molar-refractivity contribution in [1.29, 1.82) is 0 Å². The molecular weight excluding hydrogens is 530 g/mol. The zero-order valence-corrected chi connectivity index (χ0v) is 22.8. The quantitative estimate of drug-likeness (QED) is 0.283. The van der Waals surface area contributed by atoms with Crippen molar-refractivity contribution in [2.45, 2.75) is 72.9 Å². The Morgan fingerprint density at radius 1 is 1.17 bits per heavy atom. The number of hydrogen-bond donors (Lipinski definition) is 3. The maximum Gasteiger partial charge on any atom is 0.244 e. The summed E-state index contributed by atoms with van der Waals surface area (Å²) in [5, 5.41) is 16.4. The Hall–Kier alpha value is -1.58. The largest absolute Gasteiger partial charge is 0.394 e. The van der Waals surface area contributed by atoms with E-state index in [1.54, 1.807) is 16.7 Å². The smallest absolute Gasteiger partial charge is 0.244 e. The molecule has 1 aromatic rings. The van der Waals surface area contributed by atoms with Gasteiger partial charge in [-0.2, -0.15) is 0 Å². The Bertz CT molecular complexity index is 934. The molecule has 3 amide bonds. The molecule has 0 saturated carbocycles. The molecule has 35 heavy (non-hydrogen) atoms. The molecule has 1 aromatic carbocycles. The average Bonchev–Trinajstić information content (AvgIpc) is 3.45. The molecule has 3 unspecified atom stereocenters. The first-order valence-corrected chi connectivity index (χ1v) is 14.5. The number of benzene rings is 1. The maximum absolute atomic E-state index is 14.1. The van der Waals surface area contributed by atoms with Gasteiger partial charge >= 0.3 is 0 Å². The Kier molecular flexibility index (Phi) is 8.49.